The second kappa shape index (κ2) is 10.3. The lowest BCUT2D eigenvalue weighted by atomic mass is 10.0. The normalized spacial score (nSPS) is 12.1. The Morgan fingerprint density at radius 3 is 2.13 bits per heavy atom. The lowest BCUT2D eigenvalue weighted by Gasteiger charge is -2.18. The van der Waals surface area contributed by atoms with Crippen LogP contribution in [0.5, 0.6) is 17.2 Å². The number of carbonyl (C=O) groups excluding carboxylic acids is 1. The lowest BCUT2D eigenvalue weighted by molar-refractivity contribution is -0.116. The van der Waals surface area contributed by atoms with Crippen molar-refractivity contribution in [3.05, 3.63) is 89.5 Å². The van der Waals surface area contributed by atoms with Crippen molar-refractivity contribution >= 4 is 17.6 Å². The van der Waals surface area contributed by atoms with E-state index in [1.807, 2.05) is 85.8 Å². The van der Waals surface area contributed by atoms with Crippen molar-refractivity contribution in [2.24, 2.45) is 0 Å². The minimum atomic E-state index is -0.227. The topological polar surface area (TPSA) is 56.8 Å². The van der Waals surface area contributed by atoms with E-state index in [4.69, 9.17) is 14.2 Å². The molecule has 5 heteroatoms. The van der Waals surface area contributed by atoms with Crippen molar-refractivity contribution < 1.29 is 19.0 Å². The summed E-state index contributed by atoms with van der Waals surface area (Å²) >= 11 is 0. The highest BCUT2D eigenvalue weighted by Gasteiger charge is 2.17. The van der Waals surface area contributed by atoms with E-state index >= 15 is 0 Å². The molecule has 0 aliphatic heterocycles. The summed E-state index contributed by atoms with van der Waals surface area (Å²) in [7, 11) is 4.82. The molecule has 3 aromatic carbocycles. The van der Waals surface area contributed by atoms with Crippen molar-refractivity contribution in [1.82, 2.24) is 5.32 Å². The van der Waals surface area contributed by atoms with Crippen LogP contribution in [0, 0.1) is 0 Å². The quantitative estimate of drug-likeness (QED) is 0.408. The minimum Gasteiger partial charge on any atom is -0.497 e. The molecular formula is C26H27NO4. The number of amides is 1. The second-order valence-electron chi connectivity index (χ2n) is 7.01. The van der Waals surface area contributed by atoms with Gasteiger partial charge >= 0.3 is 0 Å². The van der Waals surface area contributed by atoms with E-state index in [0.717, 1.165) is 22.4 Å². The maximum atomic E-state index is 13.3. The van der Waals surface area contributed by atoms with Crippen LogP contribution in [0.1, 0.15) is 29.7 Å². The highest BCUT2D eigenvalue weighted by molar-refractivity contribution is 6.24. The van der Waals surface area contributed by atoms with Crippen LogP contribution < -0.4 is 19.5 Å². The molecule has 1 N–H and O–H groups in total. The first-order chi connectivity index (χ1) is 15.0. The number of rotatable bonds is 8. The highest BCUT2D eigenvalue weighted by atomic mass is 16.5. The molecule has 0 heterocycles. The molecule has 1 unspecified atom stereocenters. The number of nitrogens with one attached hydrogen (secondary N) is 1. The molecule has 0 spiro atoms. The molecule has 160 valence electrons. The molecule has 0 fully saturated rings. The van der Waals surface area contributed by atoms with Crippen molar-refractivity contribution in [2.45, 2.75) is 13.0 Å². The van der Waals surface area contributed by atoms with Crippen molar-refractivity contribution in [1.29, 1.82) is 0 Å². The standard InChI is InChI=1S/C26H27NO4/c1-18(21-12-15-24(30-3)25(17-21)31-4)27-26(28)23(20-8-6-5-7-9-20)16-19-10-13-22(29-2)14-11-19/h5-18H,1-4H3,(H,27,28)/b23-16+. The van der Waals surface area contributed by atoms with Gasteiger partial charge in [-0.3, -0.25) is 4.79 Å². The molecule has 0 saturated heterocycles. The van der Waals surface area contributed by atoms with Gasteiger partial charge in [0.05, 0.1) is 27.4 Å². The number of hydrogen-bond donors (Lipinski definition) is 1. The van der Waals surface area contributed by atoms with Gasteiger partial charge in [0.15, 0.2) is 11.5 Å². The van der Waals surface area contributed by atoms with Gasteiger partial charge in [0.1, 0.15) is 5.75 Å². The number of hydrogen-bond acceptors (Lipinski definition) is 4. The van der Waals surface area contributed by atoms with Crippen molar-refractivity contribution in [3.63, 3.8) is 0 Å². The van der Waals surface area contributed by atoms with Crippen LogP contribution in [0.2, 0.25) is 0 Å². The maximum Gasteiger partial charge on any atom is 0.252 e. The highest BCUT2D eigenvalue weighted by Crippen LogP contribution is 2.30. The van der Waals surface area contributed by atoms with Crippen molar-refractivity contribution in [2.75, 3.05) is 21.3 Å². The number of benzene rings is 3. The fraction of sp³-hybridized carbons (Fsp3) is 0.192. The molecular weight excluding hydrogens is 390 g/mol. The van der Waals surface area contributed by atoms with Gasteiger partial charge in [-0.2, -0.15) is 0 Å². The van der Waals surface area contributed by atoms with Crippen LogP contribution in [0.3, 0.4) is 0 Å². The Hall–Kier alpha value is -3.73. The first-order valence-corrected chi connectivity index (χ1v) is 9.99. The van der Waals surface area contributed by atoms with E-state index in [1.54, 1.807) is 21.3 Å². The van der Waals surface area contributed by atoms with E-state index < -0.39 is 0 Å². The maximum absolute atomic E-state index is 13.3. The van der Waals surface area contributed by atoms with Gasteiger partial charge in [-0.25, -0.2) is 0 Å². The van der Waals surface area contributed by atoms with E-state index in [2.05, 4.69) is 5.32 Å². The predicted molar refractivity (Wildman–Crippen MR) is 123 cm³/mol. The second-order valence-corrected chi connectivity index (χ2v) is 7.01. The smallest absolute Gasteiger partial charge is 0.252 e. The molecule has 0 bridgehead atoms. The molecule has 5 nitrogen and oxygen atoms in total. The summed E-state index contributed by atoms with van der Waals surface area (Å²) in [4.78, 5) is 13.3. The Kier molecular flexibility index (Phi) is 7.33. The summed E-state index contributed by atoms with van der Waals surface area (Å²) in [5.74, 6) is 1.88. The molecule has 0 saturated carbocycles. The molecule has 0 aromatic heterocycles. The Morgan fingerprint density at radius 2 is 1.52 bits per heavy atom. The van der Waals surface area contributed by atoms with Gasteiger partial charge in [0.25, 0.3) is 5.91 Å². The predicted octanol–water partition coefficient (Wildman–Crippen LogP) is 5.13. The average Bonchev–Trinajstić information content (AvgIpc) is 2.82. The SMILES string of the molecule is COc1ccc(/C=C(/C(=O)NC(C)c2ccc(OC)c(OC)c2)c2ccccc2)cc1. The first-order valence-electron chi connectivity index (χ1n) is 9.99. The van der Waals surface area contributed by atoms with Gasteiger partial charge in [0, 0.05) is 5.57 Å². The summed E-state index contributed by atoms with van der Waals surface area (Å²) < 4.78 is 15.9. The zero-order valence-electron chi connectivity index (χ0n) is 18.2. The van der Waals surface area contributed by atoms with Gasteiger partial charge in [-0.05, 0) is 54.0 Å². The molecule has 3 aromatic rings. The van der Waals surface area contributed by atoms with Crippen LogP contribution in [0.15, 0.2) is 72.8 Å². The monoisotopic (exact) mass is 417 g/mol. The molecule has 3 rings (SSSR count). The lowest BCUT2D eigenvalue weighted by Crippen LogP contribution is -2.27. The Balaban J connectivity index is 1.89. The third kappa shape index (κ3) is 5.45. The molecule has 1 amide bonds. The van der Waals surface area contributed by atoms with Crippen LogP contribution in [-0.4, -0.2) is 27.2 Å². The zero-order chi connectivity index (χ0) is 22.2. The van der Waals surface area contributed by atoms with Gasteiger partial charge in [-0.1, -0.05) is 48.5 Å². The van der Waals surface area contributed by atoms with E-state index in [0.29, 0.717) is 17.1 Å². The summed E-state index contributed by atoms with van der Waals surface area (Å²) in [6, 6.07) is 22.6. The fourth-order valence-electron chi connectivity index (χ4n) is 3.24. The Labute approximate surface area is 183 Å². The van der Waals surface area contributed by atoms with Gasteiger partial charge < -0.3 is 19.5 Å². The summed E-state index contributed by atoms with van der Waals surface area (Å²) in [5.41, 5.74) is 3.25. The average molecular weight is 418 g/mol. The van der Waals surface area contributed by atoms with E-state index in [9.17, 15) is 4.79 Å². The third-order valence-corrected chi connectivity index (χ3v) is 5.01. The molecule has 0 aliphatic carbocycles. The van der Waals surface area contributed by atoms with Crippen LogP contribution in [-0.2, 0) is 4.79 Å². The largest absolute Gasteiger partial charge is 0.497 e. The van der Waals surface area contributed by atoms with E-state index in [1.165, 1.54) is 0 Å². The molecule has 0 radical (unpaired) electrons. The summed E-state index contributed by atoms with van der Waals surface area (Å²) in [6.07, 6.45) is 1.88. The molecule has 31 heavy (non-hydrogen) atoms. The van der Waals surface area contributed by atoms with E-state index in [-0.39, 0.29) is 11.9 Å². The minimum absolute atomic E-state index is 0.163. The summed E-state index contributed by atoms with van der Waals surface area (Å²) in [6.45, 7) is 1.94. The Morgan fingerprint density at radius 1 is 0.839 bits per heavy atom. The fourth-order valence-corrected chi connectivity index (χ4v) is 3.24. The first kappa shape index (κ1) is 22.0. The van der Waals surface area contributed by atoms with Crippen LogP contribution in [0.25, 0.3) is 11.6 Å². The van der Waals surface area contributed by atoms with Crippen LogP contribution in [0.4, 0.5) is 0 Å². The zero-order valence-corrected chi connectivity index (χ0v) is 18.2. The van der Waals surface area contributed by atoms with Gasteiger partial charge in [0.2, 0.25) is 0 Å². The van der Waals surface area contributed by atoms with Crippen molar-refractivity contribution in [3.8, 4) is 17.2 Å². The number of carbonyl (C=O) groups is 1. The Bertz CT molecular complexity index is 1040. The van der Waals surface area contributed by atoms with Crippen LogP contribution >= 0.6 is 0 Å². The third-order valence-electron chi connectivity index (χ3n) is 5.01. The summed E-state index contributed by atoms with van der Waals surface area (Å²) in [5, 5.41) is 3.10. The molecule has 0 aliphatic rings. The number of methoxy groups -OCH3 is 3. The van der Waals surface area contributed by atoms with Gasteiger partial charge in [-0.15, -0.1) is 0 Å². The molecule has 1 atom stereocenters. The number of ether oxygens (including phenoxy) is 3.